The van der Waals surface area contributed by atoms with Crippen molar-refractivity contribution < 1.29 is 9.59 Å². The SMILES string of the molecule is CNC(=O)Nc1ccc(NC(=O)c2ccc(C#N)cc2)cc1. The van der Waals surface area contributed by atoms with Crippen LogP contribution < -0.4 is 16.0 Å². The lowest BCUT2D eigenvalue weighted by Gasteiger charge is -2.07. The largest absolute Gasteiger partial charge is 0.341 e. The van der Waals surface area contributed by atoms with Crippen LogP contribution in [0, 0.1) is 11.3 Å². The van der Waals surface area contributed by atoms with Gasteiger partial charge in [0, 0.05) is 24.0 Å². The van der Waals surface area contributed by atoms with Gasteiger partial charge in [0.25, 0.3) is 5.91 Å². The summed E-state index contributed by atoms with van der Waals surface area (Å²) in [4.78, 5) is 23.2. The average Bonchev–Trinajstić information content (AvgIpc) is 2.56. The summed E-state index contributed by atoms with van der Waals surface area (Å²) in [5.74, 6) is -0.267. The van der Waals surface area contributed by atoms with Crippen molar-refractivity contribution in [1.29, 1.82) is 5.26 Å². The number of nitrogens with zero attached hydrogens (tertiary/aromatic N) is 1. The van der Waals surface area contributed by atoms with Crippen molar-refractivity contribution in [3.63, 3.8) is 0 Å². The molecule has 3 N–H and O–H groups in total. The van der Waals surface area contributed by atoms with Gasteiger partial charge in [0.05, 0.1) is 11.6 Å². The fraction of sp³-hybridized carbons (Fsp3) is 0.0625. The summed E-state index contributed by atoms with van der Waals surface area (Å²) in [5.41, 5.74) is 2.19. The van der Waals surface area contributed by atoms with Gasteiger partial charge in [0.1, 0.15) is 0 Å². The molecule has 6 nitrogen and oxygen atoms in total. The highest BCUT2D eigenvalue weighted by Gasteiger charge is 2.06. The molecule has 2 aromatic rings. The lowest BCUT2D eigenvalue weighted by atomic mass is 10.1. The van der Waals surface area contributed by atoms with Crippen molar-refractivity contribution in [3.05, 3.63) is 59.7 Å². The molecular weight excluding hydrogens is 280 g/mol. The van der Waals surface area contributed by atoms with E-state index in [0.29, 0.717) is 22.5 Å². The Kier molecular flexibility index (Phi) is 4.73. The zero-order chi connectivity index (χ0) is 15.9. The van der Waals surface area contributed by atoms with Gasteiger partial charge in [-0.2, -0.15) is 5.26 Å². The normalized spacial score (nSPS) is 9.45. The maximum absolute atomic E-state index is 12.0. The van der Waals surface area contributed by atoms with Gasteiger partial charge in [-0.15, -0.1) is 0 Å². The number of hydrogen-bond donors (Lipinski definition) is 3. The van der Waals surface area contributed by atoms with Crippen LogP contribution in [0.25, 0.3) is 0 Å². The highest BCUT2D eigenvalue weighted by Crippen LogP contribution is 2.15. The minimum Gasteiger partial charge on any atom is -0.341 e. The van der Waals surface area contributed by atoms with Gasteiger partial charge in [-0.25, -0.2) is 4.79 Å². The smallest absolute Gasteiger partial charge is 0.318 e. The zero-order valence-electron chi connectivity index (χ0n) is 11.9. The standard InChI is InChI=1S/C16H14N4O2/c1-18-16(22)20-14-8-6-13(7-9-14)19-15(21)12-4-2-11(10-17)3-5-12/h2-9H,1H3,(H,19,21)(H2,18,20,22). The van der Waals surface area contributed by atoms with Crippen molar-refractivity contribution in [2.24, 2.45) is 0 Å². The van der Waals surface area contributed by atoms with Crippen LogP contribution in [-0.2, 0) is 0 Å². The molecule has 0 unspecified atom stereocenters. The van der Waals surface area contributed by atoms with E-state index in [9.17, 15) is 9.59 Å². The van der Waals surface area contributed by atoms with Gasteiger partial charge in [0.2, 0.25) is 0 Å². The predicted octanol–water partition coefficient (Wildman–Crippen LogP) is 2.56. The Morgan fingerprint density at radius 3 is 1.95 bits per heavy atom. The number of amides is 3. The summed E-state index contributed by atoms with van der Waals surface area (Å²) < 4.78 is 0. The van der Waals surface area contributed by atoms with Crippen LogP contribution in [0.15, 0.2) is 48.5 Å². The van der Waals surface area contributed by atoms with E-state index in [1.165, 1.54) is 7.05 Å². The fourth-order valence-corrected chi connectivity index (χ4v) is 1.73. The first-order valence-corrected chi connectivity index (χ1v) is 6.52. The number of rotatable bonds is 3. The van der Waals surface area contributed by atoms with Crippen molar-refractivity contribution in [3.8, 4) is 6.07 Å². The van der Waals surface area contributed by atoms with Crippen molar-refractivity contribution >= 4 is 23.3 Å². The summed E-state index contributed by atoms with van der Waals surface area (Å²) in [7, 11) is 1.53. The molecule has 6 heteroatoms. The van der Waals surface area contributed by atoms with Crippen molar-refractivity contribution in [2.75, 3.05) is 17.7 Å². The highest BCUT2D eigenvalue weighted by molar-refractivity contribution is 6.04. The molecule has 0 bridgehead atoms. The van der Waals surface area contributed by atoms with E-state index in [1.54, 1.807) is 48.5 Å². The number of urea groups is 1. The third-order valence-electron chi connectivity index (χ3n) is 2.90. The molecule has 0 saturated carbocycles. The Morgan fingerprint density at radius 1 is 0.909 bits per heavy atom. The van der Waals surface area contributed by atoms with E-state index in [1.807, 2.05) is 6.07 Å². The summed E-state index contributed by atoms with van der Waals surface area (Å²) in [6.07, 6.45) is 0. The molecule has 22 heavy (non-hydrogen) atoms. The van der Waals surface area contributed by atoms with Gasteiger partial charge in [0.15, 0.2) is 0 Å². The van der Waals surface area contributed by atoms with E-state index in [0.717, 1.165) is 0 Å². The van der Waals surface area contributed by atoms with Gasteiger partial charge >= 0.3 is 6.03 Å². The van der Waals surface area contributed by atoms with E-state index < -0.39 is 0 Å². The molecule has 3 amide bonds. The van der Waals surface area contributed by atoms with E-state index in [4.69, 9.17) is 5.26 Å². The van der Waals surface area contributed by atoms with Crippen LogP contribution >= 0.6 is 0 Å². The maximum atomic E-state index is 12.0. The second kappa shape index (κ2) is 6.90. The van der Waals surface area contributed by atoms with E-state index in [-0.39, 0.29) is 11.9 Å². The summed E-state index contributed by atoms with van der Waals surface area (Å²) in [6.45, 7) is 0. The number of carbonyl (C=O) groups excluding carboxylic acids is 2. The van der Waals surface area contributed by atoms with Crippen LogP contribution in [-0.4, -0.2) is 19.0 Å². The molecule has 0 fully saturated rings. The molecule has 0 aliphatic rings. The van der Waals surface area contributed by atoms with Gasteiger partial charge in [-0.05, 0) is 48.5 Å². The van der Waals surface area contributed by atoms with Crippen molar-refractivity contribution in [1.82, 2.24) is 5.32 Å². The Labute approximate surface area is 127 Å². The quantitative estimate of drug-likeness (QED) is 0.812. The molecule has 0 spiro atoms. The van der Waals surface area contributed by atoms with E-state index >= 15 is 0 Å². The van der Waals surface area contributed by atoms with Crippen LogP contribution in [0.5, 0.6) is 0 Å². The maximum Gasteiger partial charge on any atom is 0.318 e. The number of nitrogens with one attached hydrogen (secondary N) is 3. The Bertz CT molecular complexity index is 715. The first kappa shape index (κ1) is 15.1. The summed E-state index contributed by atoms with van der Waals surface area (Å²) in [6, 6.07) is 14.8. The molecule has 0 aliphatic carbocycles. The van der Waals surface area contributed by atoms with Gasteiger partial charge < -0.3 is 16.0 Å². The Balaban J connectivity index is 2.02. The van der Waals surface area contributed by atoms with Crippen molar-refractivity contribution in [2.45, 2.75) is 0 Å². The fourth-order valence-electron chi connectivity index (χ4n) is 1.73. The Hall–Kier alpha value is -3.33. The molecule has 0 saturated heterocycles. The second-order valence-corrected chi connectivity index (χ2v) is 4.42. The van der Waals surface area contributed by atoms with Crippen LogP contribution in [0.4, 0.5) is 16.2 Å². The number of carbonyl (C=O) groups is 2. The molecule has 0 heterocycles. The summed E-state index contributed by atoms with van der Waals surface area (Å²) >= 11 is 0. The van der Waals surface area contributed by atoms with Gasteiger partial charge in [-0.1, -0.05) is 0 Å². The topological polar surface area (TPSA) is 94.0 Å². The molecule has 0 aromatic heterocycles. The molecule has 0 aliphatic heterocycles. The average molecular weight is 294 g/mol. The third kappa shape index (κ3) is 3.84. The molecule has 2 aromatic carbocycles. The van der Waals surface area contributed by atoms with Crippen LogP contribution in [0.3, 0.4) is 0 Å². The predicted molar refractivity (Wildman–Crippen MR) is 83.6 cm³/mol. The molecule has 110 valence electrons. The first-order valence-electron chi connectivity index (χ1n) is 6.52. The monoisotopic (exact) mass is 294 g/mol. The van der Waals surface area contributed by atoms with Gasteiger partial charge in [-0.3, -0.25) is 4.79 Å². The highest BCUT2D eigenvalue weighted by atomic mass is 16.2. The molecule has 0 atom stereocenters. The molecular formula is C16H14N4O2. The summed E-state index contributed by atoms with van der Waals surface area (Å²) in [5, 5.41) is 16.5. The second-order valence-electron chi connectivity index (χ2n) is 4.42. The zero-order valence-corrected chi connectivity index (χ0v) is 11.9. The Morgan fingerprint density at radius 2 is 1.45 bits per heavy atom. The first-order chi connectivity index (χ1) is 10.6. The number of hydrogen-bond acceptors (Lipinski definition) is 3. The number of benzene rings is 2. The molecule has 0 radical (unpaired) electrons. The van der Waals surface area contributed by atoms with E-state index in [2.05, 4.69) is 16.0 Å². The van der Waals surface area contributed by atoms with Crippen LogP contribution in [0.2, 0.25) is 0 Å². The molecule has 2 rings (SSSR count). The minimum atomic E-state index is -0.311. The number of anilines is 2. The number of nitriles is 1. The minimum absolute atomic E-state index is 0.267. The third-order valence-corrected chi connectivity index (χ3v) is 2.90. The lowest BCUT2D eigenvalue weighted by molar-refractivity contribution is 0.102. The van der Waals surface area contributed by atoms with Crippen LogP contribution in [0.1, 0.15) is 15.9 Å². The lowest BCUT2D eigenvalue weighted by Crippen LogP contribution is -2.24.